The number of aromatic amines is 1. The summed E-state index contributed by atoms with van der Waals surface area (Å²) in [7, 11) is 1.55. The van der Waals surface area contributed by atoms with E-state index in [-0.39, 0.29) is 18.7 Å². The molecule has 0 aliphatic heterocycles. The van der Waals surface area contributed by atoms with Crippen LogP contribution in [0.25, 0.3) is 11.2 Å². The molecule has 0 saturated carbocycles. The van der Waals surface area contributed by atoms with Crippen molar-refractivity contribution in [1.29, 1.82) is 0 Å². The lowest BCUT2D eigenvalue weighted by atomic mass is 10.3. The van der Waals surface area contributed by atoms with Gasteiger partial charge in [-0.05, 0) is 30.7 Å². The number of unbranched alkanes of at least 4 members (excludes halogenated alkanes) is 1. The average molecular weight is 439 g/mol. The lowest BCUT2D eigenvalue weighted by Crippen LogP contribution is -2.30. The van der Waals surface area contributed by atoms with Crippen LogP contribution in [0, 0.1) is 0 Å². The Morgan fingerprint density at radius 1 is 1.31 bits per heavy atom. The van der Waals surface area contributed by atoms with Crippen molar-refractivity contribution in [1.82, 2.24) is 19.1 Å². The third kappa shape index (κ3) is 5.04. The summed E-state index contributed by atoms with van der Waals surface area (Å²) < 4.78 is 8.56. The normalized spacial score (nSPS) is 12.4. The smallest absolute Gasteiger partial charge is 0.329 e. The van der Waals surface area contributed by atoms with Gasteiger partial charge in [-0.3, -0.25) is 14.3 Å². The molecule has 8 nitrogen and oxygen atoms in total. The van der Waals surface area contributed by atoms with Crippen LogP contribution in [0.3, 0.4) is 0 Å². The second kappa shape index (κ2) is 9.51. The number of nitrogens with zero attached hydrogens (tertiary/aromatic N) is 3. The number of aromatic nitrogens is 4. The fourth-order valence-corrected chi connectivity index (χ4v) is 4.00. The van der Waals surface area contributed by atoms with Gasteiger partial charge in [-0.15, -0.1) is 0 Å². The van der Waals surface area contributed by atoms with Crippen LogP contribution in [0.5, 0.6) is 5.75 Å². The molecule has 0 bridgehead atoms. The van der Waals surface area contributed by atoms with Crippen molar-refractivity contribution in [3.8, 4) is 5.75 Å². The number of H-pyrrole nitrogens is 1. The number of imidazole rings is 1. The average Bonchev–Trinajstić information content (AvgIpc) is 3.05. The van der Waals surface area contributed by atoms with Gasteiger partial charge in [0.25, 0.3) is 5.56 Å². The third-order valence-corrected chi connectivity index (χ3v) is 5.67. The molecule has 10 heteroatoms. The summed E-state index contributed by atoms with van der Waals surface area (Å²) in [4.78, 5) is 31.1. The Labute approximate surface area is 176 Å². The molecule has 0 radical (unpaired) electrons. The maximum absolute atomic E-state index is 12.4. The van der Waals surface area contributed by atoms with Gasteiger partial charge in [-0.2, -0.15) is 0 Å². The van der Waals surface area contributed by atoms with Gasteiger partial charge in [0.1, 0.15) is 18.5 Å². The molecule has 2 aromatic heterocycles. The predicted molar refractivity (Wildman–Crippen MR) is 114 cm³/mol. The number of rotatable bonds is 9. The Kier molecular flexibility index (Phi) is 7.05. The number of nitrogens with one attached hydrogen (secondary N) is 1. The van der Waals surface area contributed by atoms with Crippen molar-refractivity contribution in [2.45, 2.75) is 37.6 Å². The van der Waals surface area contributed by atoms with Crippen LogP contribution in [0.15, 0.2) is 39.0 Å². The van der Waals surface area contributed by atoms with E-state index in [1.807, 2.05) is 0 Å². The minimum atomic E-state index is -0.884. The monoisotopic (exact) mass is 438 g/mol. The first-order valence-corrected chi connectivity index (χ1v) is 10.7. The van der Waals surface area contributed by atoms with Gasteiger partial charge in [0, 0.05) is 17.8 Å². The van der Waals surface area contributed by atoms with Crippen LogP contribution >= 0.6 is 23.4 Å². The summed E-state index contributed by atoms with van der Waals surface area (Å²) in [6.45, 7) is 2.24. The number of aliphatic hydroxyl groups excluding tert-OH is 1. The highest BCUT2D eigenvalue weighted by Gasteiger charge is 2.20. The van der Waals surface area contributed by atoms with Crippen LogP contribution in [-0.4, -0.2) is 42.7 Å². The molecular formula is C19H23ClN4O4S. The largest absolute Gasteiger partial charge is 0.491 e. The number of halogens is 1. The molecule has 0 aliphatic rings. The van der Waals surface area contributed by atoms with Gasteiger partial charge >= 0.3 is 5.69 Å². The molecule has 156 valence electrons. The van der Waals surface area contributed by atoms with Crippen molar-refractivity contribution in [2.24, 2.45) is 7.05 Å². The number of thioether (sulfide) groups is 1. The van der Waals surface area contributed by atoms with E-state index in [1.54, 1.807) is 35.9 Å². The fraction of sp³-hybridized carbons (Fsp3) is 0.421. The number of fused-ring (bicyclic) bond motifs is 1. The number of aryl methyl sites for hydroxylation is 1. The Bertz CT molecular complexity index is 1090. The first-order chi connectivity index (χ1) is 13.9. The molecule has 0 fully saturated rings. The standard InChI is InChI=1S/C19H23ClN4O4S/c1-3-4-9-29-19-21-16-15(17(26)22-18(27)23(16)2)24(19)10-13(25)11-28-14-7-5-12(20)6-8-14/h5-8,13,25H,3-4,9-11H2,1-2H3,(H,22,26,27). The third-order valence-electron chi connectivity index (χ3n) is 4.35. The van der Waals surface area contributed by atoms with Crippen molar-refractivity contribution in [2.75, 3.05) is 12.4 Å². The fourth-order valence-electron chi connectivity index (χ4n) is 2.79. The van der Waals surface area contributed by atoms with Crippen LogP contribution in [-0.2, 0) is 13.6 Å². The highest BCUT2D eigenvalue weighted by Crippen LogP contribution is 2.23. The Balaban J connectivity index is 1.86. The Morgan fingerprint density at radius 3 is 2.72 bits per heavy atom. The Morgan fingerprint density at radius 2 is 2.03 bits per heavy atom. The van der Waals surface area contributed by atoms with Gasteiger partial charge in [-0.1, -0.05) is 36.7 Å². The molecule has 0 spiro atoms. The van der Waals surface area contributed by atoms with E-state index in [9.17, 15) is 14.7 Å². The maximum Gasteiger partial charge on any atom is 0.329 e. The summed E-state index contributed by atoms with van der Waals surface area (Å²) in [5, 5.41) is 11.7. The number of hydrogen-bond donors (Lipinski definition) is 2. The molecular weight excluding hydrogens is 416 g/mol. The van der Waals surface area contributed by atoms with Crippen LogP contribution < -0.4 is 16.0 Å². The van der Waals surface area contributed by atoms with Crippen LogP contribution in [0.2, 0.25) is 5.02 Å². The second-order valence-electron chi connectivity index (χ2n) is 6.62. The molecule has 29 heavy (non-hydrogen) atoms. The minimum absolute atomic E-state index is 0.0318. The van der Waals surface area contributed by atoms with Gasteiger partial charge < -0.3 is 14.4 Å². The lowest BCUT2D eigenvalue weighted by Gasteiger charge is -2.15. The first kappa shape index (κ1) is 21.5. The zero-order valence-electron chi connectivity index (χ0n) is 16.2. The van der Waals surface area contributed by atoms with Crippen molar-refractivity contribution < 1.29 is 9.84 Å². The number of aliphatic hydroxyl groups is 1. The quantitative estimate of drug-likeness (QED) is 0.393. The van der Waals surface area contributed by atoms with E-state index in [1.165, 1.54) is 16.3 Å². The van der Waals surface area contributed by atoms with E-state index in [0.29, 0.717) is 21.6 Å². The molecule has 0 aliphatic carbocycles. The van der Waals surface area contributed by atoms with E-state index >= 15 is 0 Å². The molecule has 0 saturated heterocycles. The highest BCUT2D eigenvalue weighted by molar-refractivity contribution is 7.99. The Hall–Kier alpha value is -2.23. The molecule has 0 amide bonds. The van der Waals surface area contributed by atoms with Gasteiger partial charge in [0.15, 0.2) is 16.3 Å². The summed E-state index contributed by atoms with van der Waals surface area (Å²) in [6, 6.07) is 6.84. The van der Waals surface area contributed by atoms with E-state index < -0.39 is 17.4 Å². The molecule has 1 unspecified atom stereocenters. The highest BCUT2D eigenvalue weighted by atomic mass is 35.5. The van der Waals surface area contributed by atoms with E-state index in [0.717, 1.165) is 18.6 Å². The maximum atomic E-state index is 12.4. The summed E-state index contributed by atoms with van der Waals surface area (Å²) in [6.07, 6.45) is 1.14. The predicted octanol–water partition coefficient (Wildman–Crippen LogP) is 2.41. The zero-order chi connectivity index (χ0) is 21.0. The van der Waals surface area contributed by atoms with Crippen molar-refractivity contribution in [3.63, 3.8) is 0 Å². The summed E-state index contributed by atoms with van der Waals surface area (Å²) in [5.41, 5.74) is -0.493. The van der Waals surface area contributed by atoms with Crippen molar-refractivity contribution >= 4 is 34.5 Å². The molecule has 2 N–H and O–H groups in total. The number of benzene rings is 1. The first-order valence-electron chi connectivity index (χ1n) is 9.29. The second-order valence-corrected chi connectivity index (χ2v) is 8.11. The molecule has 3 aromatic rings. The molecule has 1 atom stereocenters. The van der Waals surface area contributed by atoms with E-state index in [4.69, 9.17) is 16.3 Å². The number of ether oxygens (including phenoxy) is 1. The van der Waals surface area contributed by atoms with Gasteiger partial charge in [-0.25, -0.2) is 9.78 Å². The molecule has 1 aromatic carbocycles. The van der Waals surface area contributed by atoms with Crippen LogP contribution in [0.1, 0.15) is 19.8 Å². The van der Waals surface area contributed by atoms with Gasteiger partial charge in [0.2, 0.25) is 0 Å². The van der Waals surface area contributed by atoms with Crippen molar-refractivity contribution in [3.05, 3.63) is 50.1 Å². The molecule has 3 rings (SSSR count). The molecule has 2 heterocycles. The topological polar surface area (TPSA) is 102 Å². The minimum Gasteiger partial charge on any atom is -0.491 e. The van der Waals surface area contributed by atoms with E-state index in [2.05, 4.69) is 16.9 Å². The zero-order valence-corrected chi connectivity index (χ0v) is 17.8. The summed E-state index contributed by atoms with van der Waals surface area (Å²) in [5.74, 6) is 1.41. The van der Waals surface area contributed by atoms with Crippen LogP contribution in [0.4, 0.5) is 0 Å². The SMILES string of the molecule is CCCCSc1nc2c(c(=O)[nH]c(=O)n2C)n1CC(O)COc1ccc(Cl)cc1. The van der Waals surface area contributed by atoms with Gasteiger partial charge in [0.05, 0.1) is 6.54 Å². The summed E-state index contributed by atoms with van der Waals surface area (Å²) >= 11 is 7.35. The number of hydrogen-bond acceptors (Lipinski definition) is 6. The lowest BCUT2D eigenvalue weighted by molar-refractivity contribution is 0.0914.